The molecule has 1 amide bonds. The van der Waals surface area contributed by atoms with E-state index >= 15 is 0 Å². The summed E-state index contributed by atoms with van der Waals surface area (Å²) in [6, 6.07) is 11.3. The number of nitrogens with one attached hydrogen (secondary N) is 1. The van der Waals surface area contributed by atoms with Gasteiger partial charge in [-0.1, -0.05) is 37.6 Å². The zero-order valence-corrected chi connectivity index (χ0v) is 13.8. The van der Waals surface area contributed by atoms with E-state index < -0.39 is 0 Å². The number of amides is 1. The summed E-state index contributed by atoms with van der Waals surface area (Å²) in [5.41, 5.74) is 5.11. The molecule has 0 atom stereocenters. The van der Waals surface area contributed by atoms with Crippen molar-refractivity contribution in [1.82, 2.24) is 5.43 Å². The summed E-state index contributed by atoms with van der Waals surface area (Å²) in [6.07, 6.45) is 0. The molecule has 1 aromatic carbocycles. The molecule has 0 aliphatic heterocycles. The van der Waals surface area contributed by atoms with Crippen LogP contribution in [0.5, 0.6) is 0 Å². The standard InChI is InChI=1S/C16H17ClN2OS/c1-10(2)12-4-6-13(7-5-12)16(20)19-18-11(3)14-8-9-15(17)21-14/h4-10H,1-3H3,(H,19,20)/b18-11+. The average molecular weight is 321 g/mol. The summed E-state index contributed by atoms with van der Waals surface area (Å²) in [4.78, 5) is 13.0. The summed E-state index contributed by atoms with van der Waals surface area (Å²) in [5.74, 6) is 0.235. The maximum absolute atomic E-state index is 12.0. The lowest BCUT2D eigenvalue weighted by Crippen LogP contribution is -2.19. The predicted octanol–water partition coefficient (Wildman–Crippen LogP) is 4.68. The Kier molecular flexibility index (Phi) is 5.15. The molecule has 1 N–H and O–H groups in total. The Balaban J connectivity index is 2.04. The Morgan fingerprint density at radius 2 is 1.86 bits per heavy atom. The molecule has 21 heavy (non-hydrogen) atoms. The third-order valence-corrected chi connectivity index (χ3v) is 4.43. The monoisotopic (exact) mass is 320 g/mol. The highest BCUT2D eigenvalue weighted by atomic mass is 35.5. The van der Waals surface area contributed by atoms with Gasteiger partial charge in [0.1, 0.15) is 0 Å². The van der Waals surface area contributed by atoms with Gasteiger partial charge >= 0.3 is 0 Å². The highest BCUT2D eigenvalue weighted by Gasteiger charge is 2.07. The van der Waals surface area contributed by atoms with Crippen molar-refractivity contribution in [3.8, 4) is 0 Å². The van der Waals surface area contributed by atoms with E-state index in [0.29, 0.717) is 15.8 Å². The summed E-state index contributed by atoms with van der Waals surface area (Å²) in [6.45, 7) is 6.08. The zero-order valence-electron chi connectivity index (χ0n) is 12.2. The smallest absolute Gasteiger partial charge is 0.267 e. The van der Waals surface area contributed by atoms with Crippen LogP contribution in [0.15, 0.2) is 41.5 Å². The van der Waals surface area contributed by atoms with Gasteiger partial charge in [-0.3, -0.25) is 4.79 Å². The summed E-state index contributed by atoms with van der Waals surface area (Å²) < 4.78 is 0.704. The van der Waals surface area contributed by atoms with Crippen molar-refractivity contribution in [3.05, 3.63) is 56.7 Å². The van der Waals surface area contributed by atoms with Crippen LogP contribution < -0.4 is 5.43 Å². The zero-order chi connectivity index (χ0) is 15.4. The van der Waals surface area contributed by atoms with Crippen molar-refractivity contribution >= 4 is 34.6 Å². The molecule has 0 unspecified atom stereocenters. The molecule has 1 heterocycles. The minimum atomic E-state index is -0.215. The molecular formula is C16H17ClN2OS. The van der Waals surface area contributed by atoms with Gasteiger partial charge in [-0.2, -0.15) is 5.10 Å². The van der Waals surface area contributed by atoms with E-state index in [9.17, 15) is 4.79 Å². The quantitative estimate of drug-likeness (QED) is 0.645. The van der Waals surface area contributed by atoms with Crippen LogP contribution in [-0.2, 0) is 0 Å². The minimum absolute atomic E-state index is 0.215. The number of carbonyl (C=O) groups excluding carboxylic acids is 1. The number of thiophene rings is 1. The second-order valence-electron chi connectivity index (χ2n) is 5.02. The van der Waals surface area contributed by atoms with Gasteiger partial charge in [-0.05, 0) is 42.7 Å². The topological polar surface area (TPSA) is 41.5 Å². The van der Waals surface area contributed by atoms with E-state index in [2.05, 4.69) is 24.4 Å². The largest absolute Gasteiger partial charge is 0.271 e. The number of nitrogens with zero attached hydrogens (tertiary/aromatic N) is 1. The molecule has 0 aliphatic carbocycles. The maximum Gasteiger partial charge on any atom is 0.271 e. The molecule has 0 radical (unpaired) electrons. The Labute approximate surface area is 133 Å². The first-order valence-electron chi connectivity index (χ1n) is 6.67. The van der Waals surface area contributed by atoms with Crippen LogP contribution in [0.2, 0.25) is 4.34 Å². The number of halogens is 1. The average Bonchev–Trinajstić information content (AvgIpc) is 2.91. The van der Waals surface area contributed by atoms with Crippen molar-refractivity contribution in [3.63, 3.8) is 0 Å². The van der Waals surface area contributed by atoms with Crippen molar-refractivity contribution in [2.75, 3.05) is 0 Å². The molecule has 110 valence electrons. The van der Waals surface area contributed by atoms with Crippen molar-refractivity contribution in [1.29, 1.82) is 0 Å². The number of hydrazone groups is 1. The molecule has 2 aromatic rings. The van der Waals surface area contributed by atoms with Gasteiger partial charge in [0, 0.05) is 5.56 Å². The van der Waals surface area contributed by atoms with Crippen LogP contribution in [-0.4, -0.2) is 11.6 Å². The fraction of sp³-hybridized carbons (Fsp3) is 0.250. The first-order chi connectivity index (χ1) is 9.97. The number of rotatable bonds is 4. The number of hydrogen-bond acceptors (Lipinski definition) is 3. The number of hydrogen-bond donors (Lipinski definition) is 1. The van der Waals surface area contributed by atoms with Crippen LogP contribution in [0.3, 0.4) is 0 Å². The van der Waals surface area contributed by atoms with E-state index in [1.54, 1.807) is 0 Å². The lowest BCUT2D eigenvalue weighted by atomic mass is 10.0. The first kappa shape index (κ1) is 15.7. The van der Waals surface area contributed by atoms with Gasteiger partial charge in [0.05, 0.1) is 14.9 Å². The van der Waals surface area contributed by atoms with E-state index in [0.717, 1.165) is 10.6 Å². The lowest BCUT2D eigenvalue weighted by Gasteiger charge is -2.06. The predicted molar refractivity (Wildman–Crippen MR) is 89.5 cm³/mol. The second-order valence-corrected chi connectivity index (χ2v) is 6.73. The minimum Gasteiger partial charge on any atom is -0.267 e. The molecule has 0 aliphatic rings. The van der Waals surface area contributed by atoms with Crippen LogP contribution in [0, 0.1) is 0 Å². The molecule has 2 rings (SSSR count). The number of carbonyl (C=O) groups is 1. The first-order valence-corrected chi connectivity index (χ1v) is 7.87. The van der Waals surface area contributed by atoms with Gasteiger partial charge in [-0.15, -0.1) is 11.3 Å². The molecular weight excluding hydrogens is 304 g/mol. The van der Waals surface area contributed by atoms with Crippen molar-refractivity contribution in [2.45, 2.75) is 26.7 Å². The van der Waals surface area contributed by atoms with E-state index in [4.69, 9.17) is 11.6 Å². The fourth-order valence-electron chi connectivity index (χ4n) is 1.78. The lowest BCUT2D eigenvalue weighted by molar-refractivity contribution is 0.0955. The molecule has 0 fully saturated rings. The molecule has 3 nitrogen and oxygen atoms in total. The molecule has 1 aromatic heterocycles. The van der Waals surface area contributed by atoms with Crippen molar-refractivity contribution < 1.29 is 4.79 Å². The van der Waals surface area contributed by atoms with Gasteiger partial charge in [-0.25, -0.2) is 5.43 Å². The molecule has 0 bridgehead atoms. The highest BCUT2D eigenvalue weighted by molar-refractivity contribution is 7.18. The third-order valence-electron chi connectivity index (χ3n) is 3.09. The van der Waals surface area contributed by atoms with Gasteiger partial charge in [0.25, 0.3) is 5.91 Å². The Morgan fingerprint density at radius 3 is 2.38 bits per heavy atom. The summed E-state index contributed by atoms with van der Waals surface area (Å²) in [5, 5.41) is 4.11. The molecule has 0 saturated heterocycles. The van der Waals surface area contributed by atoms with E-state index in [1.807, 2.05) is 43.3 Å². The second kappa shape index (κ2) is 6.87. The van der Waals surface area contributed by atoms with Gasteiger partial charge in [0.2, 0.25) is 0 Å². The number of benzene rings is 1. The van der Waals surface area contributed by atoms with E-state index in [-0.39, 0.29) is 5.91 Å². The van der Waals surface area contributed by atoms with Gasteiger partial charge in [0.15, 0.2) is 0 Å². The fourth-order valence-corrected chi connectivity index (χ4v) is 2.77. The molecule has 0 spiro atoms. The molecule has 0 saturated carbocycles. The van der Waals surface area contributed by atoms with Crippen LogP contribution >= 0.6 is 22.9 Å². The van der Waals surface area contributed by atoms with E-state index in [1.165, 1.54) is 16.9 Å². The van der Waals surface area contributed by atoms with Crippen LogP contribution in [0.1, 0.15) is 47.5 Å². The van der Waals surface area contributed by atoms with Gasteiger partial charge < -0.3 is 0 Å². The maximum atomic E-state index is 12.0. The highest BCUT2D eigenvalue weighted by Crippen LogP contribution is 2.21. The Morgan fingerprint density at radius 1 is 1.19 bits per heavy atom. The Hall–Kier alpha value is -1.65. The third kappa shape index (κ3) is 4.16. The normalized spacial score (nSPS) is 11.8. The van der Waals surface area contributed by atoms with Crippen molar-refractivity contribution in [2.24, 2.45) is 5.10 Å². The summed E-state index contributed by atoms with van der Waals surface area (Å²) >= 11 is 7.31. The Bertz CT molecular complexity index is 659. The molecule has 5 heteroatoms. The summed E-state index contributed by atoms with van der Waals surface area (Å²) in [7, 11) is 0. The van der Waals surface area contributed by atoms with Crippen LogP contribution in [0.4, 0.5) is 0 Å². The van der Waals surface area contributed by atoms with Crippen LogP contribution in [0.25, 0.3) is 0 Å². The SMILES string of the molecule is C/C(=N\NC(=O)c1ccc(C(C)C)cc1)c1ccc(Cl)s1.